The molecule has 1 N–H and O–H groups in total. The molecule has 0 fully saturated rings. The number of nitrogens with one attached hydrogen (secondary N) is 1. The number of ether oxygens (including phenoxy) is 2. The van der Waals surface area contributed by atoms with Crippen molar-refractivity contribution in [3.63, 3.8) is 0 Å². The first-order valence-electron chi connectivity index (χ1n) is 8.06. The number of carbonyl (C=O) groups excluding carboxylic acids is 2. The van der Waals surface area contributed by atoms with Crippen LogP contribution in [0, 0.1) is 5.82 Å². The van der Waals surface area contributed by atoms with Gasteiger partial charge in [-0.2, -0.15) is 0 Å². The molecule has 0 unspecified atom stereocenters. The Balaban J connectivity index is 1.39. The molecule has 6 heteroatoms. The molecule has 2 aromatic rings. The molecule has 1 amide bonds. The summed E-state index contributed by atoms with van der Waals surface area (Å²) in [7, 11) is 0. The first-order valence-corrected chi connectivity index (χ1v) is 8.06. The van der Waals surface area contributed by atoms with E-state index in [-0.39, 0.29) is 31.3 Å². The van der Waals surface area contributed by atoms with E-state index in [0.29, 0.717) is 24.3 Å². The molecule has 1 heterocycles. The minimum atomic E-state index is -0.391. The molecule has 2 aromatic carbocycles. The van der Waals surface area contributed by atoms with E-state index >= 15 is 0 Å². The minimum absolute atomic E-state index is 0.0987. The van der Waals surface area contributed by atoms with Gasteiger partial charge in [-0.1, -0.05) is 6.07 Å². The summed E-state index contributed by atoms with van der Waals surface area (Å²) in [6.45, 7) is 0.709. The molecule has 0 aliphatic carbocycles. The first-order chi connectivity index (χ1) is 12.1. The van der Waals surface area contributed by atoms with Gasteiger partial charge in [0.05, 0.1) is 0 Å². The Hall–Kier alpha value is -2.89. The van der Waals surface area contributed by atoms with E-state index in [1.54, 1.807) is 0 Å². The number of ketones is 1. The number of benzene rings is 2. The van der Waals surface area contributed by atoms with E-state index < -0.39 is 5.82 Å². The zero-order chi connectivity index (χ0) is 17.6. The van der Waals surface area contributed by atoms with Crippen molar-refractivity contribution in [3.05, 3.63) is 59.4 Å². The summed E-state index contributed by atoms with van der Waals surface area (Å²) in [5, 5.41) is 2.79. The van der Waals surface area contributed by atoms with Crippen molar-refractivity contribution in [2.24, 2.45) is 0 Å². The van der Waals surface area contributed by atoms with E-state index in [9.17, 15) is 14.0 Å². The third-order valence-corrected chi connectivity index (χ3v) is 3.92. The maximum absolute atomic E-state index is 12.8. The van der Waals surface area contributed by atoms with E-state index in [1.165, 1.54) is 24.3 Å². The summed E-state index contributed by atoms with van der Waals surface area (Å²) in [5.74, 6) is 0.695. The number of Topliss-reactive ketones (excluding diaryl/α,β-unsaturated/α-hetero) is 1. The Morgan fingerprint density at radius 2 is 1.76 bits per heavy atom. The summed E-state index contributed by atoms with van der Waals surface area (Å²) >= 11 is 0. The van der Waals surface area contributed by atoms with E-state index in [1.807, 2.05) is 18.2 Å². The Bertz CT molecular complexity index is 773. The number of hydrogen-bond donors (Lipinski definition) is 1. The van der Waals surface area contributed by atoms with Gasteiger partial charge in [0.15, 0.2) is 17.3 Å². The summed E-state index contributed by atoms with van der Waals surface area (Å²) in [5.41, 5.74) is 1.45. The molecule has 0 spiro atoms. The number of carbonyl (C=O) groups is 2. The molecular formula is C19H18FNO4. The SMILES string of the molecule is O=C(CCC(=O)c1ccc(F)cc1)NCCc1ccc2c(c1)OCO2. The molecule has 1 aliphatic heterocycles. The molecule has 5 nitrogen and oxygen atoms in total. The van der Waals surface area contributed by atoms with Gasteiger partial charge in [0.2, 0.25) is 12.7 Å². The molecule has 0 saturated heterocycles. The van der Waals surface area contributed by atoms with Crippen molar-refractivity contribution in [2.45, 2.75) is 19.3 Å². The van der Waals surface area contributed by atoms with Crippen LogP contribution in [0.2, 0.25) is 0 Å². The quantitative estimate of drug-likeness (QED) is 0.785. The number of rotatable bonds is 7. The predicted octanol–water partition coefficient (Wildman–Crippen LogP) is 2.88. The van der Waals surface area contributed by atoms with Gasteiger partial charge in [-0.3, -0.25) is 9.59 Å². The van der Waals surface area contributed by atoms with Crippen LogP contribution in [0.4, 0.5) is 4.39 Å². The maximum Gasteiger partial charge on any atom is 0.231 e. The van der Waals surface area contributed by atoms with Crippen molar-refractivity contribution in [1.82, 2.24) is 5.32 Å². The summed E-state index contributed by atoms with van der Waals surface area (Å²) in [6, 6.07) is 11.0. The van der Waals surface area contributed by atoms with Gasteiger partial charge in [-0.25, -0.2) is 4.39 Å². The van der Waals surface area contributed by atoms with Crippen LogP contribution >= 0.6 is 0 Å². The normalized spacial score (nSPS) is 12.0. The average Bonchev–Trinajstić information content (AvgIpc) is 3.08. The molecule has 0 radical (unpaired) electrons. The summed E-state index contributed by atoms with van der Waals surface area (Å²) < 4.78 is 23.4. The first kappa shape index (κ1) is 17.0. The van der Waals surface area contributed by atoms with Crippen LogP contribution in [-0.2, 0) is 11.2 Å². The van der Waals surface area contributed by atoms with Crippen LogP contribution in [-0.4, -0.2) is 25.0 Å². The molecular weight excluding hydrogens is 325 g/mol. The van der Waals surface area contributed by atoms with Crippen LogP contribution in [0.15, 0.2) is 42.5 Å². The van der Waals surface area contributed by atoms with Crippen LogP contribution in [0.5, 0.6) is 11.5 Å². The van der Waals surface area contributed by atoms with Gasteiger partial charge in [0, 0.05) is 24.9 Å². The number of hydrogen-bond acceptors (Lipinski definition) is 4. The molecule has 25 heavy (non-hydrogen) atoms. The molecule has 0 atom stereocenters. The molecule has 0 saturated carbocycles. The monoisotopic (exact) mass is 343 g/mol. The zero-order valence-corrected chi connectivity index (χ0v) is 13.6. The summed E-state index contributed by atoms with van der Waals surface area (Å²) in [6.07, 6.45) is 0.868. The fourth-order valence-electron chi connectivity index (χ4n) is 2.54. The third-order valence-electron chi connectivity index (χ3n) is 3.92. The van der Waals surface area contributed by atoms with Crippen LogP contribution < -0.4 is 14.8 Å². The van der Waals surface area contributed by atoms with Crippen molar-refractivity contribution in [3.8, 4) is 11.5 Å². The van der Waals surface area contributed by atoms with Crippen molar-refractivity contribution < 1.29 is 23.5 Å². The Labute approximate surface area is 144 Å². The number of amides is 1. The smallest absolute Gasteiger partial charge is 0.231 e. The fraction of sp³-hybridized carbons (Fsp3) is 0.263. The van der Waals surface area contributed by atoms with Gasteiger partial charge in [0.25, 0.3) is 0 Å². The predicted molar refractivity (Wildman–Crippen MR) is 89.2 cm³/mol. The van der Waals surface area contributed by atoms with Gasteiger partial charge in [0.1, 0.15) is 5.82 Å². The molecule has 1 aliphatic rings. The zero-order valence-electron chi connectivity index (χ0n) is 13.6. The highest BCUT2D eigenvalue weighted by molar-refractivity contribution is 5.97. The second-order valence-corrected chi connectivity index (χ2v) is 5.72. The highest BCUT2D eigenvalue weighted by Crippen LogP contribution is 2.32. The van der Waals surface area contributed by atoms with Gasteiger partial charge in [-0.15, -0.1) is 0 Å². The van der Waals surface area contributed by atoms with E-state index in [4.69, 9.17) is 9.47 Å². The van der Waals surface area contributed by atoms with Crippen LogP contribution in [0.3, 0.4) is 0 Å². The Kier molecular flexibility index (Phi) is 5.28. The molecule has 130 valence electrons. The second kappa shape index (κ2) is 7.79. The maximum atomic E-state index is 12.8. The number of fused-ring (bicyclic) bond motifs is 1. The number of halogens is 1. The van der Waals surface area contributed by atoms with Gasteiger partial charge < -0.3 is 14.8 Å². The topological polar surface area (TPSA) is 64.6 Å². The van der Waals surface area contributed by atoms with E-state index in [0.717, 1.165) is 11.3 Å². The lowest BCUT2D eigenvalue weighted by Gasteiger charge is -2.06. The lowest BCUT2D eigenvalue weighted by atomic mass is 10.1. The lowest BCUT2D eigenvalue weighted by Crippen LogP contribution is -2.26. The van der Waals surface area contributed by atoms with Crippen molar-refractivity contribution >= 4 is 11.7 Å². The molecule has 0 bridgehead atoms. The van der Waals surface area contributed by atoms with Crippen LogP contribution in [0.1, 0.15) is 28.8 Å². The van der Waals surface area contributed by atoms with Crippen LogP contribution in [0.25, 0.3) is 0 Å². The largest absolute Gasteiger partial charge is 0.454 e. The average molecular weight is 343 g/mol. The minimum Gasteiger partial charge on any atom is -0.454 e. The Morgan fingerprint density at radius 1 is 1.00 bits per heavy atom. The third kappa shape index (κ3) is 4.56. The lowest BCUT2D eigenvalue weighted by molar-refractivity contribution is -0.121. The highest BCUT2D eigenvalue weighted by atomic mass is 19.1. The second-order valence-electron chi connectivity index (χ2n) is 5.72. The standard InChI is InChI=1S/C19H18FNO4/c20-15-4-2-14(3-5-15)16(22)6-8-19(23)21-10-9-13-1-7-17-18(11-13)25-12-24-17/h1-5,7,11H,6,8-10,12H2,(H,21,23). The van der Waals surface area contributed by atoms with Gasteiger partial charge in [-0.05, 0) is 48.4 Å². The Morgan fingerprint density at radius 3 is 2.56 bits per heavy atom. The van der Waals surface area contributed by atoms with Gasteiger partial charge >= 0.3 is 0 Å². The van der Waals surface area contributed by atoms with Crippen molar-refractivity contribution in [2.75, 3.05) is 13.3 Å². The highest BCUT2D eigenvalue weighted by Gasteiger charge is 2.13. The van der Waals surface area contributed by atoms with E-state index in [2.05, 4.69) is 5.32 Å². The molecule has 0 aromatic heterocycles. The fourth-order valence-corrected chi connectivity index (χ4v) is 2.54. The molecule has 3 rings (SSSR count). The summed E-state index contributed by atoms with van der Waals surface area (Å²) in [4.78, 5) is 23.8. The van der Waals surface area contributed by atoms with Crippen molar-refractivity contribution in [1.29, 1.82) is 0 Å².